The van der Waals surface area contributed by atoms with Crippen molar-refractivity contribution >= 4 is 22.1 Å². The average Bonchev–Trinajstić information content (AvgIpc) is 2.96. The Bertz CT molecular complexity index is 537. The zero-order chi connectivity index (χ0) is 14.9. The molecule has 0 aromatic carbocycles. The first kappa shape index (κ1) is 14.9. The van der Waals surface area contributed by atoms with Crippen LogP contribution in [0.3, 0.4) is 0 Å². The number of esters is 2. The maximum absolute atomic E-state index is 11.9. The minimum absolute atomic E-state index is 0.483. The van der Waals surface area contributed by atoms with Crippen LogP contribution in [-0.4, -0.2) is 56.6 Å². The minimum Gasteiger partial charge on any atom is -0.469 e. The van der Waals surface area contributed by atoms with Crippen LogP contribution in [0.15, 0.2) is 12.2 Å². The Morgan fingerprint density at radius 1 is 1.20 bits per heavy atom. The van der Waals surface area contributed by atoms with E-state index in [1.165, 1.54) is 7.11 Å². The Kier molecular flexibility index (Phi) is 4.11. The van der Waals surface area contributed by atoms with Crippen molar-refractivity contribution in [3.8, 4) is 0 Å². The van der Waals surface area contributed by atoms with E-state index in [1.54, 1.807) is 12.2 Å². The molecule has 0 radical (unpaired) electrons. The normalized spacial score (nSPS) is 31.3. The van der Waals surface area contributed by atoms with Gasteiger partial charge in [-0.3, -0.25) is 14.1 Å². The molecule has 0 amide bonds. The van der Waals surface area contributed by atoms with Gasteiger partial charge in [-0.1, -0.05) is 12.2 Å². The number of hydrogen-bond donors (Lipinski definition) is 1. The van der Waals surface area contributed by atoms with Crippen molar-refractivity contribution < 1.29 is 36.8 Å². The Morgan fingerprint density at radius 3 is 2.25 bits per heavy atom. The van der Waals surface area contributed by atoms with Crippen molar-refractivity contribution in [3.05, 3.63) is 12.2 Å². The molecule has 20 heavy (non-hydrogen) atoms. The van der Waals surface area contributed by atoms with Crippen LogP contribution in [0.2, 0.25) is 0 Å². The third-order valence-electron chi connectivity index (χ3n) is 3.23. The van der Waals surface area contributed by atoms with E-state index in [4.69, 9.17) is 14.0 Å². The summed E-state index contributed by atoms with van der Waals surface area (Å²) in [4.78, 5) is 23.6. The molecule has 1 saturated heterocycles. The van der Waals surface area contributed by atoms with Crippen molar-refractivity contribution in [2.45, 2.75) is 12.2 Å². The molecule has 1 fully saturated rings. The SMILES string of the molecule is COC(=O)C1C2C=CC(O2)C1C(=O)OCCS(=O)(=O)O. The van der Waals surface area contributed by atoms with E-state index >= 15 is 0 Å². The Balaban J connectivity index is 2.01. The standard InChI is InChI=1S/C11H14O8S/c1-17-10(12)8-6-2-3-7(19-6)9(8)11(13)18-4-5-20(14,15)16/h2-3,6-9H,4-5H2,1H3,(H,14,15,16). The summed E-state index contributed by atoms with van der Waals surface area (Å²) in [5.41, 5.74) is 0. The van der Waals surface area contributed by atoms with Crippen molar-refractivity contribution in [1.82, 2.24) is 0 Å². The number of ether oxygens (including phenoxy) is 3. The van der Waals surface area contributed by atoms with Crippen LogP contribution in [0.5, 0.6) is 0 Å². The van der Waals surface area contributed by atoms with Gasteiger partial charge in [-0.2, -0.15) is 8.42 Å². The summed E-state index contributed by atoms with van der Waals surface area (Å²) in [7, 11) is -3.00. The third-order valence-corrected chi connectivity index (χ3v) is 3.91. The number of fused-ring (bicyclic) bond motifs is 2. The highest BCUT2D eigenvalue weighted by molar-refractivity contribution is 7.85. The van der Waals surface area contributed by atoms with Crippen LogP contribution in [0, 0.1) is 11.8 Å². The molecule has 112 valence electrons. The Hall–Kier alpha value is -1.45. The van der Waals surface area contributed by atoms with Gasteiger partial charge in [0.1, 0.15) is 24.2 Å². The highest BCUT2D eigenvalue weighted by atomic mass is 32.2. The van der Waals surface area contributed by atoms with Gasteiger partial charge >= 0.3 is 11.9 Å². The van der Waals surface area contributed by atoms with Crippen LogP contribution >= 0.6 is 0 Å². The number of carbonyl (C=O) groups is 2. The average molecular weight is 306 g/mol. The van der Waals surface area contributed by atoms with E-state index in [9.17, 15) is 18.0 Å². The first-order valence-electron chi connectivity index (χ1n) is 5.87. The van der Waals surface area contributed by atoms with E-state index in [0.717, 1.165) is 0 Å². The molecule has 0 aromatic heterocycles. The third kappa shape index (κ3) is 3.00. The molecule has 0 aliphatic carbocycles. The van der Waals surface area contributed by atoms with Gasteiger partial charge in [0.2, 0.25) is 0 Å². The zero-order valence-corrected chi connectivity index (χ0v) is 11.4. The summed E-state index contributed by atoms with van der Waals surface area (Å²) in [6, 6.07) is 0. The quantitative estimate of drug-likeness (QED) is 0.397. The summed E-state index contributed by atoms with van der Waals surface area (Å²) in [6.45, 7) is -0.483. The number of rotatable bonds is 5. The molecular formula is C11H14O8S. The molecule has 1 N–H and O–H groups in total. The van der Waals surface area contributed by atoms with Gasteiger partial charge in [0.05, 0.1) is 19.3 Å². The molecule has 4 unspecified atom stereocenters. The van der Waals surface area contributed by atoms with E-state index in [2.05, 4.69) is 4.74 Å². The number of hydrogen-bond acceptors (Lipinski definition) is 7. The first-order chi connectivity index (χ1) is 9.33. The molecule has 0 aromatic rings. The second-order valence-corrected chi connectivity index (χ2v) is 6.05. The molecule has 4 atom stereocenters. The van der Waals surface area contributed by atoms with Crippen molar-refractivity contribution in [3.63, 3.8) is 0 Å². The van der Waals surface area contributed by atoms with Crippen LogP contribution < -0.4 is 0 Å². The molecule has 2 bridgehead atoms. The molecular weight excluding hydrogens is 292 g/mol. The van der Waals surface area contributed by atoms with E-state index < -0.39 is 58.5 Å². The van der Waals surface area contributed by atoms with E-state index in [0.29, 0.717) is 0 Å². The van der Waals surface area contributed by atoms with Crippen LogP contribution in [-0.2, 0) is 33.9 Å². The van der Waals surface area contributed by atoms with Gasteiger partial charge in [0, 0.05) is 0 Å². The van der Waals surface area contributed by atoms with Gasteiger partial charge in [0.15, 0.2) is 0 Å². The number of carbonyl (C=O) groups excluding carboxylic acids is 2. The van der Waals surface area contributed by atoms with Gasteiger partial charge in [-0.05, 0) is 0 Å². The lowest BCUT2D eigenvalue weighted by molar-refractivity contribution is -0.157. The lowest BCUT2D eigenvalue weighted by Crippen LogP contribution is -2.38. The second-order valence-electron chi connectivity index (χ2n) is 4.48. The van der Waals surface area contributed by atoms with Crippen molar-refractivity contribution in [2.75, 3.05) is 19.5 Å². The molecule has 8 nitrogen and oxygen atoms in total. The Morgan fingerprint density at radius 2 is 1.75 bits per heavy atom. The summed E-state index contributed by atoms with van der Waals surface area (Å²) in [6.07, 6.45) is 2.21. The zero-order valence-electron chi connectivity index (χ0n) is 10.6. The van der Waals surface area contributed by atoms with Crippen LogP contribution in [0.1, 0.15) is 0 Å². The van der Waals surface area contributed by atoms with Gasteiger partial charge in [-0.15, -0.1) is 0 Å². The molecule has 2 rings (SSSR count). The maximum atomic E-state index is 11.9. The lowest BCUT2D eigenvalue weighted by atomic mass is 9.83. The molecule has 2 heterocycles. The van der Waals surface area contributed by atoms with Crippen molar-refractivity contribution in [1.29, 1.82) is 0 Å². The van der Waals surface area contributed by atoms with Gasteiger partial charge in [0.25, 0.3) is 10.1 Å². The smallest absolute Gasteiger partial charge is 0.312 e. The van der Waals surface area contributed by atoms with Crippen molar-refractivity contribution in [2.24, 2.45) is 11.8 Å². The molecule has 9 heteroatoms. The summed E-state index contributed by atoms with van der Waals surface area (Å²) < 4.78 is 44.4. The number of methoxy groups -OCH3 is 1. The highest BCUT2D eigenvalue weighted by Gasteiger charge is 2.54. The van der Waals surface area contributed by atoms with Crippen LogP contribution in [0.25, 0.3) is 0 Å². The topological polar surface area (TPSA) is 116 Å². The molecule has 2 aliphatic rings. The van der Waals surface area contributed by atoms with Gasteiger partial charge in [-0.25, -0.2) is 0 Å². The minimum atomic E-state index is -4.20. The second kappa shape index (κ2) is 5.51. The fourth-order valence-corrected chi connectivity index (χ4v) is 2.64. The van der Waals surface area contributed by atoms with Gasteiger partial charge < -0.3 is 14.2 Å². The van der Waals surface area contributed by atoms with E-state index in [-0.39, 0.29) is 0 Å². The predicted molar refractivity (Wildman–Crippen MR) is 64.2 cm³/mol. The lowest BCUT2D eigenvalue weighted by Gasteiger charge is -2.21. The van der Waals surface area contributed by atoms with Crippen LogP contribution in [0.4, 0.5) is 0 Å². The monoisotopic (exact) mass is 306 g/mol. The summed E-state index contributed by atoms with van der Waals surface area (Å²) in [5, 5.41) is 0. The summed E-state index contributed by atoms with van der Waals surface area (Å²) in [5.74, 6) is -3.69. The predicted octanol–water partition coefficient (Wildman–Crippen LogP) is -0.840. The van der Waals surface area contributed by atoms with E-state index in [1.807, 2.05) is 0 Å². The molecule has 0 spiro atoms. The highest BCUT2D eigenvalue weighted by Crippen LogP contribution is 2.40. The largest absolute Gasteiger partial charge is 0.469 e. The molecule has 2 aliphatic heterocycles. The summed E-state index contributed by atoms with van der Waals surface area (Å²) >= 11 is 0. The molecule has 0 saturated carbocycles. The first-order valence-corrected chi connectivity index (χ1v) is 7.48. The Labute approximate surface area is 115 Å². The maximum Gasteiger partial charge on any atom is 0.312 e. The fraction of sp³-hybridized carbons (Fsp3) is 0.636. The fourth-order valence-electron chi connectivity index (χ4n) is 2.35.